The van der Waals surface area contributed by atoms with Gasteiger partial charge in [0.2, 0.25) is 0 Å². The molecule has 1 heterocycles. The van der Waals surface area contributed by atoms with Gasteiger partial charge in [-0.15, -0.1) is 0 Å². The van der Waals surface area contributed by atoms with Gasteiger partial charge in [0, 0.05) is 0 Å². The molecule has 56 valence electrons. The second-order valence-corrected chi connectivity index (χ2v) is 12.7. The molecule has 1 aliphatic rings. The molecule has 0 nitrogen and oxygen atoms in total. The first-order valence-corrected chi connectivity index (χ1v) is 11.9. The summed E-state index contributed by atoms with van der Waals surface area (Å²) in [6, 6.07) is 0. The van der Waals surface area contributed by atoms with E-state index in [1.165, 1.54) is 22.2 Å². The van der Waals surface area contributed by atoms with Crippen LogP contribution in [0.2, 0.25) is 7.36 Å². The maximum atomic E-state index is 2.39. The standard InChI is InChI=1S/C9H18.Hg/c1-4-6-7-8-9(3)5-2;/h6,9H,3-5,7-8H2,1-2H3;. The fraction of sp³-hybridized carbons (Fsp3) is 1.00. The summed E-state index contributed by atoms with van der Waals surface area (Å²) in [6.07, 6.45) is 6.15. The molecule has 1 aliphatic heterocycles. The van der Waals surface area contributed by atoms with Crippen molar-refractivity contribution in [3.05, 3.63) is 0 Å². The predicted octanol–water partition coefficient (Wildman–Crippen LogP) is 3.51. The molecule has 0 aromatic rings. The van der Waals surface area contributed by atoms with E-state index in [9.17, 15) is 0 Å². The van der Waals surface area contributed by atoms with E-state index >= 15 is 0 Å². The first kappa shape index (κ1) is 9.03. The van der Waals surface area contributed by atoms with E-state index in [0.717, 1.165) is 0 Å². The Morgan fingerprint density at radius 2 is 2.00 bits per heavy atom. The quantitative estimate of drug-likeness (QED) is 0.681. The summed E-state index contributed by atoms with van der Waals surface area (Å²) in [4.78, 5) is 0. The van der Waals surface area contributed by atoms with Crippen molar-refractivity contribution in [3.8, 4) is 0 Å². The van der Waals surface area contributed by atoms with E-state index in [4.69, 9.17) is 0 Å². The Morgan fingerprint density at radius 1 is 1.20 bits per heavy atom. The Hall–Kier alpha value is 0.935. The van der Waals surface area contributed by atoms with Gasteiger partial charge in [0.05, 0.1) is 0 Å². The molecule has 0 saturated carbocycles. The van der Waals surface area contributed by atoms with Crippen molar-refractivity contribution in [2.75, 3.05) is 0 Å². The third-order valence-electron chi connectivity index (χ3n) is 3.12. The van der Waals surface area contributed by atoms with Crippen molar-refractivity contribution in [1.29, 1.82) is 0 Å². The van der Waals surface area contributed by atoms with Crippen molar-refractivity contribution in [3.63, 3.8) is 0 Å². The average Bonchev–Trinajstić information content (AvgIpc) is 2.05. The van der Waals surface area contributed by atoms with Crippen LogP contribution in [0, 0.1) is 5.92 Å². The van der Waals surface area contributed by atoms with Crippen molar-refractivity contribution in [1.82, 2.24) is 0 Å². The Kier molecular flexibility index (Phi) is 4.28. The minimum absolute atomic E-state index is 0.323. The van der Waals surface area contributed by atoms with Gasteiger partial charge in [-0.25, -0.2) is 0 Å². The van der Waals surface area contributed by atoms with Gasteiger partial charge in [-0.1, -0.05) is 0 Å². The molecular formula is C9H18Hg. The summed E-state index contributed by atoms with van der Waals surface area (Å²) in [5.74, 6) is 1.17. The van der Waals surface area contributed by atoms with Gasteiger partial charge in [-0.2, -0.15) is 0 Å². The molecule has 10 heavy (non-hydrogen) atoms. The van der Waals surface area contributed by atoms with Crippen LogP contribution in [-0.2, 0) is 24.6 Å². The molecule has 0 aliphatic carbocycles. The van der Waals surface area contributed by atoms with Crippen LogP contribution in [0.15, 0.2) is 0 Å². The molecule has 2 unspecified atom stereocenters. The van der Waals surface area contributed by atoms with Crippen LogP contribution in [-0.4, -0.2) is 0 Å². The normalized spacial score (nSPS) is 32.6. The zero-order chi connectivity index (χ0) is 7.40. The molecule has 0 N–H and O–H groups in total. The van der Waals surface area contributed by atoms with Crippen LogP contribution in [0.5, 0.6) is 0 Å². The van der Waals surface area contributed by atoms with Gasteiger partial charge >= 0.3 is 77.4 Å². The summed E-state index contributed by atoms with van der Waals surface area (Å²) in [5, 5.41) is 0. The van der Waals surface area contributed by atoms with Crippen LogP contribution in [0.25, 0.3) is 0 Å². The van der Waals surface area contributed by atoms with Gasteiger partial charge in [0.25, 0.3) is 0 Å². The van der Waals surface area contributed by atoms with Crippen LogP contribution < -0.4 is 0 Å². The molecule has 1 saturated heterocycles. The van der Waals surface area contributed by atoms with Crippen molar-refractivity contribution >= 4 is 0 Å². The zero-order valence-electron chi connectivity index (χ0n) is 7.40. The Bertz CT molecular complexity index is 70.7. The van der Waals surface area contributed by atoms with Crippen molar-refractivity contribution < 1.29 is 24.6 Å². The third-order valence-corrected chi connectivity index (χ3v) is 14.6. The summed E-state index contributed by atoms with van der Waals surface area (Å²) < 4.78 is 3.03. The fourth-order valence-electron chi connectivity index (χ4n) is 2.05. The summed E-state index contributed by atoms with van der Waals surface area (Å²) in [5.41, 5.74) is 0. The second kappa shape index (κ2) is 4.74. The minimum atomic E-state index is -0.323. The second-order valence-electron chi connectivity index (χ2n) is 3.70. The molecule has 0 radical (unpaired) electrons. The van der Waals surface area contributed by atoms with E-state index < -0.39 is 0 Å². The van der Waals surface area contributed by atoms with E-state index in [1.54, 1.807) is 16.8 Å². The summed E-state index contributed by atoms with van der Waals surface area (Å²) in [6.45, 7) is 4.75. The molecule has 2 atom stereocenters. The number of hydrogen-bond acceptors (Lipinski definition) is 0. The monoisotopic (exact) mass is 328 g/mol. The van der Waals surface area contributed by atoms with Crippen LogP contribution >= 0.6 is 0 Å². The fourth-order valence-corrected chi connectivity index (χ4v) is 12.0. The number of rotatable bonds is 2. The van der Waals surface area contributed by atoms with Gasteiger partial charge in [0.15, 0.2) is 0 Å². The summed E-state index contributed by atoms with van der Waals surface area (Å²) in [7, 11) is 0. The molecule has 1 rings (SSSR count). The molecular weight excluding hydrogens is 309 g/mol. The first-order valence-electron chi connectivity index (χ1n) is 4.86. The van der Waals surface area contributed by atoms with E-state index in [0.29, 0.717) is 0 Å². The Balaban J connectivity index is 2.17. The van der Waals surface area contributed by atoms with Gasteiger partial charge in [-0.3, -0.25) is 0 Å². The molecule has 1 heteroatoms. The molecule has 0 aromatic heterocycles. The number of hydrogen-bond donors (Lipinski definition) is 0. The Labute approximate surface area is 77.2 Å². The van der Waals surface area contributed by atoms with Gasteiger partial charge < -0.3 is 0 Å². The molecule has 0 bridgehead atoms. The van der Waals surface area contributed by atoms with Crippen LogP contribution in [0.4, 0.5) is 0 Å². The Morgan fingerprint density at radius 3 is 2.40 bits per heavy atom. The zero-order valence-corrected chi connectivity index (χ0v) is 12.9. The molecule has 0 aromatic carbocycles. The van der Waals surface area contributed by atoms with E-state index in [2.05, 4.69) is 13.8 Å². The topological polar surface area (TPSA) is 0 Å². The predicted molar refractivity (Wildman–Crippen MR) is 41.9 cm³/mol. The van der Waals surface area contributed by atoms with Gasteiger partial charge in [0.1, 0.15) is 0 Å². The van der Waals surface area contributed by atoms with Crippen molar-refractivity contribution in [2.45, 2.75) is 46.9 Å². The molecule has 0 spiro atoms. The average molecular weight is 327 g/mol. The first-order chi connectivity index (χ1) is 4.86. The molecule has 0 amide bonds. The van der Waals surface area contributed by atoms with E-state index in [-0.39, 0.29) is 24.6 Å². The van der Waals surface area contributed by atoms with Crippen LogP contribution in [0.1, 0.15) is 39.5 Å². The third kappa shape index (κ3) is 2.52. The van der Waals surface area contributed by atoms with E-state index in [1.807, 2.05) is 0 Å². The van der Waals surface area contributed by atoms with Gasteiger partial charge in [-0.05, 0) is 0 Å². The van der Waals surface area contributed by atoms with Crippen molar-refractivity contribution in [2.24, 2.45) is 5.92 Å². The molecule has 1 fully saturated rings. The maximum absolute atomic E-state index is 2.39. The van der Waals surface area contributed by atoms with Crippen LogP contribution in [0.3, 0.4) is 0 Å². The SMILES string of the molecule is CCC1CC[CH](CC)[Hg][CH2]1. The summed E-state index contributed by atoms with van der Waals surface area (Å²) >= 11 is -0.323.